The van der Waals surface area contributed by atoms with Crippen LogP contribution in [-0.4, -0.2) is 116 Å². The number of allylic oxidation sites excluding steroid dienone is 1. The third-order valence-electron chi connectivity index (χ3n) is 13.3. The molecule has 2 N–H and O–H groups in total. The molecule has 0 spiro atoms. The molecular formula is C51H63ClN8O6S2. The van der Waals surface area contributed by atoms with E-state index in [-0.39, 0.29) is 33.2 Å². The maximum Gasteiger partial charge on any atom is 0.273 e. The molecule has 1 amide bonds. The number of piperidine rings is 1. The van der Waals surface area contributed by atoms with E-state index in [0.717, 1.165) is 107 Å². The standard InChI is InChI=1S/C51H63ClN8O6S2/c1-35(33-57-21-17-41(18-22-57)55-67(4,5)6)27-37-9-13-44(30-47(37)60(62)63)68(64,65)56-50(61)45-14-12-42(29-48(45)66-43-28-38-16-20-53-49(38)54-32-43)59-25-23-58(24-26-59)34-39-15-19-51(2,3)31-46(39)36-7-10-40(52)11-8-36/h7-14,16,20,28-30,32,35,41H,4,15,17-19,21-27,31,33-34H2,1-3,5-6H3,(H,53,54)(H,56,61)/t35-/m1/s1. The third kappa shape index (κ3) is 12.3. The van der Waals surface area contributed by atoms with Gasteiger partial charge in [0.05, 0.1) is 27.6 Å². The normalized spacial score (nSPS) is 18.1. The Kier molecular flexibility index (Phi) is 14.7. The number of benzene rings is 3. The van der Waals surface area contributed by atoms with E-state index < -0.39 is 30.3 Å². The molecule has 2 fully saturated rings. The molecule has 0 unspecified atom stereocenters. The molecule has 2 saturated heterocycles. The van der Waals surface area contributed by atoms with Gasteiger partial charge in [-0.2, -0.15) is 0 Å². The number of rotatable bonds is 15. The molecule has 2 aromatic heterocycles. The molecular weight excluding hydrogens is 920 g/mol. The fourth-order valence-electron chi connectivity index (χ4n) is 9.76. The largest absolute Gasteiger partial charge is 0.455 e. The Morgan fingerprint density at radius 2 is 1.75 bits per heavy atom. The quantitative estimate of drug-likeness (QED) is 0.0586. The van der Waals surface area contributed by atoms with E-state index in [1.807, 2.05) is 25.1 Å². The molecule has 0 bridgehead atoms. The second kappa shape index (κ2) is 20.4. The number of carbonyl (C=O) groups excluding carboxylic acids is 1. The summed E-state index contributed by atoms with van der Waals surface area (Å²) in [6.45, 7) is 13.2. The molecule has 3 aromatic carbocycles. The number of pyridine rings is 1. The van der Waals surface area contributed by atoms with Crippen molar-refractivity contribution in [3.05, 3.63) is 123 Å². The predicted octanol–water partition coefficient (Wildman–Crippen LogP) is 9.49. The summed E-state index contributed by atoms with van der Waals surface area (Å²) < 4.78 is 41.2. The summed E-state index contributed by atoms with van der Waals surface area (Å²) in [6, 6.07) is 21.1. The number of aromatic amines is 1. The van der Waals surface area contributed by atoms with E-state index in [0.29, 0.717) is 29.4 Å². The smallest absolute Gasteiger partial charge is 0.273 e. The zero-order valence-electron chi connectivity index (χ0n) is 39.7. The van der Waals surface area contributed by atoms with Crippen molar-refractivity contribution in [1.29, 1.82) is 0 Å². The van der Waals surface area contributed by atoms with Crippen LogP contribution in [0.1, 0.15) is 74.4 Å². The van der Waals surface area contributed by atoms with Gasteiger partial charge in [-0.3, -0.25) is 24.2 Å². The molecule has 5 aromatic rings. The second-order valence-electron chi connectivity index (χ2n) is 20.0. The molecule has 68 heavy (non-hydrogen) atoms. The first-order valence-corrected chi connectivity index (χ1v) is 27.8. The number of fused-ring (bicyclic) bond motifs is 1. The fraction of sp³-hybridized carbons (Fsp3) is 0.431. The number of anilines is 1. The summed E-state index contributed by atoms with van der Waals surface area (Å²) in [7, 11) is -5.74. The predicted molar refractivity (Wildman–Crippen MR) is 276 cm³/mol. The van der Waals surface area contributed by atoms with Crippen LogP contribution in [0.4, 0.5) is 11.4 Å². The zero-order valence-corrected chi connectivity index (χ0v) is 42.1. The van der Waals surface area contributed by atoms with E-state index in [1.54, 1.807) is 30.5 Å². The number of carbonyl (C=O) groups is 1. The van der Waals surface area contributed by atoms with Crippen molar-refractivity contribution < 1.29 is 22.9 Å². The van der Waals surface area contributed by atoms with Gasteiger partial charge >= 0.3 is 0 Å². The molecule has 2 aliphatic heterocycles. The Labute approximate surface area is 406 Å². The number of hydrogen-bond donors (Lipinski definition) is 2. The van der Waals surface area contributed by atoms with Crippen LogP contribution in [0.2, 0.25) is 5.02 Å². The van der Waals surface area contributed by atoms with Gasteiger partial charge in [-0.1, -0.05) is 62.0 Å². The van der Waals surface area contributed by atoms with Gasteiger partial charge in [-0.15, -0.1) is 9.41 Å². The van der Waals surface area contributed by atoms with E-state index in [1.165, 1.54) is 35.0 Å². The summed E-state index contributed by atoms with van der Waals surface area (Å²) in [6.07, 6.45) is 13.0. The van der Waals surface area contributed by atoms with Gasteiger partial charge in [-0.05, 0) is 116 Å². The molecule has 14 nitrogen and oxygen atoms in total. The topological polar surface area (TPSA) is 166 Å². The second-order valence-corrected chi connectivity index (χ2v) is 25.3. The molecule has 362 valence electrons. The summed E-state index contributed by atoms with van der Waals surface area (Å²) >= 11 is 6.26. The van der Waals surface area contributed by atoms with Gasteiger partial charge in [0.1, 0.15) is 17.1 Å². The van der Waals surface area contributed by atoms with Gasteiger partial charge in [0, 0.05) is 92.3 Å². The number of nitrogens with zero attached hydrogens (tertiary/aromatic N) is 6. The maximum absolute atomic E-state index is 14.1. The van der Waals surface area contributed by atoms with Gasteiger partial charge < -0.3 is 19.5 Å². The van der Waals surface area contributed by atoms with Crippen molar-refractivity contribution in [1.82, 2.24) is 24.5 Å². The van der Waals surface area contributed by atoms with Gasteiger partial charge in [0.25, 0.3) is 21.6 Å². The SMILES string of the molecule is C=S(C)(C)=NC1CCN(C[C@H](C)Cc2ccc(S(=O)(=O)NC(=O)c3ccc(N4CCN(CC5=C(c6ccc(Cl)cc6)CC(C)(C)CC5)CC4)cc3Oc3cnc4[nH]ccc4c3)cc2[N+](=O)[O-])CC1. The number of nitrogens with one attached hydrogen (secondary N) is 2. The molecule has 17 heteroatoms. The lowest BCUT2D eigenvalue weighted by Crippen LogP contribution is -2.47. The maximum atomic E-state index is 14.1. The molecule has 0 saturated carbocycles. The summed E-state index contributed by atoms with van der Waals surface area (Å²) in [5.74, 6) is 3.82. The highest BCUT2D eigenvalue weighted by atomic mass is 35.5. The highest BCUT2D eigenvalue weighted by molar-refractivity contribution is 8.01. The number of halogens is 1. The van der Waals surface area contributed by atoms with Crippen LogP contribution in [0.3, 0.4) is 0 Å². The van der Waals surface area contributed by atoms with Crippen molar-refractivity contribution in [2.45, 2.75) is 70.2 Å². The van der Waals surface area contributed by atoms with Crippen molar-refractivity contribution in [2.24, 2.45) is 15.7 Å². The summed E-state index contributed by atoms with van der Waals surface area (Å²) in [5.41, 5.74) is 5.91. The zero-order chi connectivity index (χ0) is 48.4. The molecule has 1 atom stereocenters. The van der Waals surface area contributed by atoms with Gasteiger partial charge in [0.15, 0.2) is 0 Å². The summed E-state index contributed by atoms with van der Waals surface area (Å²) in [5, 5.41) is 13.9. The third-order valence-corrected chi connectivity index (χ3v) is 15.7. The van der Waals surface area contributed by atoms with Crippen LogP contribution >= 0.6 is 11.6 Å². The van der Waals surface area contributed by atoms with Crippen molar-refractivity contribution in [3.63, 3.8) is 0 Å². The van der Waals surface area contributed by atoms with E-state index in [2.05, 4.69) is 73.8 Å². The van der Waals surface area contributed by atoms with Crippen LogP contribution in [0.25, 0.3) is 16.6 Å². The van der Waals surface area contributed by atoms with E-state index in [9.17, 15) is 23.3 Å². The number of H-pyrrole nitrogens is 1. The first-order chi connectivity index (χ1) is 32.3. The highest BCUT2D eigenvalue weighted by Crippen LogP contribution is 2.43. The van der Waals surface area contributed by atoms with Crippen LogP contribution in [-0.2, 0) is 25.9 Å². The molecule has 4 heterocycles. The fourth-order valence-corrected chi connectivity index (χ4v) is 11.9. The number of hydrogen-bond acceptors (Lipinski definition) is 11. The highest BCUT2D eigenvalue weighted by Gasteiger charge is 2.31. The number of nitro groups is 1. The molecule has 0 radical (unpaired) electrons. The Balaban J connectivity index is 0.970. The minimum absolute atomic E-state index is 0.0269. The first-order valence-electron chi connectivity index (χ1n) is 23.3. The van der Waals surface area contributed by atoms with Crippen LogP contribution in [0, 0.1) is 21.4 Å². The van der Waals surface area contributed by atoms with Gasteiger partial charge in [-0.25, -0.2) is 18.1 Å². The first kappa shape index (κ1) is 49.2. The van der Waals surface area contributed by atoms with Crippen molar-refractivity contribution in [2.75, 3.05) is 69.8 Å². The average Bonchev–Trinajstić information content (AvgIpc) is 3.76. The van der Waals surface area contributed by atoms with Crippen molar-refractivity contribution >= 4 is 70.8 Å². The minimum atomic E-state index is -4.56. The lowest BCUT2D eigenvalue weighted by Gasteiger charge is -2.39. The number of likely N-dealkylation sites (tertiary alicyclic amines) is 1. The average molecular weight is 984 g/mol. The van der Waals surface area contributed by atoms with Crippen molar-refractivity contribution in [3.8, 4) is 11.5 Å². The lowest BCUT2D eigenvalue weighted by atomic mass is 9.72. The Bertz CT molecular complexity index is 2940. The van der Waals surface area contributed by atoms with E-state index in [4.69, 9.17) is 20.7 Å². The lowest BCUT2D eigenvalue weighted by molar-refractivity contribution is -0.385. The van der Waals surface area contributed by atoms with Crippen LogP contribution in [0.5, 0.6) is 11.5 Å². The number of amides is 1. The molecule has 3 aliphatic rings. The monoisotopic (exact) mass is 982 g/mol. The number of sulfonamides is 1. The number of ether oxygens (including phenoxy) is 1. The molecule has 1 aliphatic carbocycles. The number of nitro benzene ring substituents is 1. The number of aromatic nitrogens is 2. The number of piperazine rings is 1. The van der Waals surface area contributed by atoms with Crippen LogP contribution < -0.4 is 14.4 Å². The Morgan fingerprint density at radius 1 is 1.01 bits per heavy atom. The van der Waals surface area contributed by atoms with E-state index >= 15 is 0 Å². The Morgan fingerprint density at radius 3 is 2.46 bits per heavy atom. The van der Waals surface area contributed by atoms with Crippen LogP contribution in [0.15, 0.2) is 100 Å². The van der Waals surface area contributed by atoms with Gasteiger partial charge in [0.2, 0.25) is 0 Å². The minimum Gasteiger partial charge on any atom is -0.455 e. The Hall–Kier alpha value is -5.26. The summed E-state index contributed by atoms with van der Waals surface area (Å²) in [4.78, 5) is 40.1. The molecule has 8 rings (SSSR count).